The molecule has 26 heavy (non-hydrogen) atoms. The third-order valence-electron chi connectivity index (χ3n) is 4.21. The molecule has 3 rings (SSSR count). The van der Waals surface area contributed by atoms with Crippen molar-refractivity contribution in [1.82, 2.24) is 25.0 Å². The molecule has 3 aromatic rings. The van der Waals surface area contributed by atoms with Crippen molar-refractivity contribution in [2.75, 3.05) is 13.1 Å². The SMILES string of the molecule is CCNC(=NCc1ccnn1C)NCCCn1ccc2ccccc21.I. The first-order chi connectivity index (χ1) is 12.3. The zero-order valence-corrected chi connectivity index (χ0v) is 17.7. The van der Waals surface area contributed by atoms with Crippen LogP contribution in [0.25, 0.3) is 10.9 Å². The summed E-state index contributed by atoms with van der Waals surface area (Å²) in [6.45, 7) is 5.41. The number of guanidine groups is 1. The summed E-state index contributed by atoms with van der Waals surface area (Å²) in [6.07, 6.45) is 4.99. The first-order valence-corrected chi connectivity index (χ1v) is 8.81. The van der Waals surface area contributed by atoms with Gasteiger partial charge in [-0.1, -0.05) is 18.2 Å². The van der Waals surface area contributed by atoms with Crippen molar-refractivity contribution in [2.24, 2.45) is 12.0 Å². The van der Waals surface area contributed by atoms with Gasteiger partial charge < -0.3 is 15.2 Å². The molecule has 2 N–H and O–H groups in total. The number of halogens is 1. The van der Waals surface area contributed by atoms with Gasteiger partial charge in [-0.3, -0.25) is 4.68 Å². The first-order valence-electron chi connectivity index (χ1n) is 8.81. The van der Waals surface area contributed by atoms with E-state index in [4.69, 9.17) is 0 Å². The average Bonchev–Trinajstić information content (AvgIpc) is 3.22. The van der Waals surface area contributed by atoms with Crippen LogP contribution in [-0.2, 0) is 20.1 Å². The number of para-hydroxylation sites is 1. The summed E-state index contributed by atoms with van der Waals surface area (Å²) in [5, 5.41) is 12.2. The third kappa shape index (κ3) is 5.23. The average molecular weight is 466 g/mol. The van der Waals surface area contributed by atoms with Crippen molar-refractivity contribution in [1.29, 1.82) is 0 Å². The lowest BCUT2D eigenvalue weighted by Crippen LogP contribution is -2.38. The van der Waals surface area contributed by atoms with Crippen LogP contribution in [0.15, 0.2) is 53.8 Å². The number of hydrogen-bond donors (Lipinski definition) is 2. The van der Waals surface area contributed by atoms with Gasteiger partial charge in [-0.25, -0.2) is 4.99 Å². The van der Waals surface area contributed by atoms with Crippen LogP contribution in [0.1, 0.15) is 19.0 Å². The van der Waals surface area contributed by atoms with Crippen LogP contribution in [0.3, 0.4) is 0 Å². The molecule has 1 aromatic carbocycles. The van der Waals surface area contributed by atoms with E-state index in [-0.39, 0.29) is 24.0 Å². The fourth-order valence-corrected chi connectivity index (χ4v) is 2.85. The van der Waals surface area contributed by atoms with Gasteiger partial charge in [0.1, 0.15) is 0 Å². The molecule has 0 atom stereocenters. The molecule has 2 aromatic heterocycles. The Hall–Kier alpha value is -2.03. The van der Waals surface area contributed by atoms with E-state index in [0.29, 0.717) is 6.54 Å². The van der Waals surface area contributed by atoms with E-state index in [2.05, 4.69) is 68.7 Å². The van der Waals surface area contributed by atoms with E-state index in [0.717, 1.165) is 37.7 Å². The molecular weight excluding hydrogens is 439 g/mol. The van der Waals surface area contributed by atoms with Gasteiger partial charge >= 0.3 is 0 Å². The summed E-state index contributed by atoms with van der Waals surface area (Å²) in [5.74, 6) is 0.848. The minimum Gasteiger partial charge on any atom is -0.357 e. The molecular formula is C19H27IN6. The van der Waals surface area contributed by atoms with Crippen LogP contribution in [0, 0.1) is 0 Å². The molecule has 6 nitrogen and oxygen atoms in total. The van der Waals surface area contributed by atoms with Crippen LogP contribution in [0.2, 0.25) is 0 Å². The summed E-state index contributed by atoms with van der Waals surface area (Å²) in [7, 11) is 1.94. The number of aryl methyl sites for hydroxylation is 2. The number of nitrogens with zero attached hydrogens (tertiary/aromatic N) is 4. The molecule has 0 saturated carbocycles. The Kier molecular flexibility index (Phi) is 7.96. The van der Waals surface area contributed by atoms with Crippen molar-refractivity contribution in [2.45, 2.75) is 26.4 Å². The quantitative estimate of drug-likeness (QED) is 0.244. The number of aromatic nitrogens is 3. The molecule has 0 aliphatic heterocycles. The largest absolute Gasteiger partial charge is 0.357 e. The van der Waals surface area contributed by atoms with Crippen LogP contribution in [0.4, 0.5) is 0 Å². The molecule has 0 amide bonds. The van der Waals surface area contributed by atoms with Crippen LogP contribution >= 0.6 is 24.0 Å². The number of rotatable bonds is 7. The second-order valence-electron chi connectivity index (χ2n) is 5.99. The number of hydrogen-bond acceptors (Lipinski definition) is 2. The Bertz CT molecular complexity index is 835. The van der Waals surface area contributed by atoms with Crippen molar-refractivity contribution in [3.63, 3.8) is 0 Å². The molecule has 0 aliphatic rings. The molecule has 0 spiro atoms. The summed E-state index contributed by atoms with van der Waals surface area (Å²) in [5.41, 5.74) is 2.38. The molecule has 0 fully saturated rings. The minimum absolute atomic E-state index is 0. The van der Waals surface area contributed by atoms with Gasteiger partial charge in [-0.2, -0.15) is 5.10 Å². The van der Waals surface area contributed by atoms with Crippen LogP contribution in [-0.4, -0.2) is 33.4 Å². The van der Waals surface area contributed by atoms with Crippen molar-refractivity contribution in [3.8, 4) is 0 Å². The topological polar surface area (TPSA) is 59.2 Å². The molecule has 0 radical (unpaired) electrons. The maximum atomic E-state index is 4.63. The van der Waals surface area contributed by atoms with Gasteiger partial charge in [0.2, 0.25) is 0 Å². The highest BCUT2D eigenvalue weighted by molar-refractivity contribution is 14.0. The van der Waals surface area contributed by atoms with E-state index in [1.165, 1.54) is 10.9 Å². The Balaban J connectivity index is 0.00000243. The summed E-state index contributed by atoms with van der Waals surface area (Å²) >= 11 is 0. The molecule has 2 heterocycles. The highest BCUT2D eigenvalue weighted by atomic mass is 127. The van der Waals surface area contributed by atoms with Gasteiger partial charge in [0.15, 0.2) is 5.96 Å². The fourth-order valence-electron chi connectivity index (χ4n) is 2.85. The minimum atomic E-state index is 0. The Morgan fingerprint density at radius 2 is 2.00 bits per heavy atom. The van der Waals surface area contributed by atoms with Crippen LogP contribution in [0.5, 0.6) is 0 Å². The lowest BCUT2D eigenvalue weighted by molar-refractivity contribution is 0.639. The maximum Gasteiger partial charge on any atom is 0.191 e. The Morgan fingerprint density at radius 3 is 2.77 bits per heavy atom. The molecule has 7 heteroatoms. The predicted octanol–water partition coefficient (Wildman–Crippen LogP) is 3.14. The fraction of sp³-hybridized carbons (Fsp3) is 0.368. The number of aliphatic imine (C=N–C) groups is 1. The third-order valence-corrected chi connectivity index (χ3v) is 4.21. The Morgan fingerprint density at radius 1 is 1.15 bits per heavy atom. The van der Waals surface area contributed by atoms with E-state index >= 15 is 0 Å². The van der Waals surface area contributed by atoms with Gasteiger partial charge in [0, 0.05) is 44.6 Å². The van der Waals surface area contributed by atoms with Crippen molar-refractivity contribution < 1.29 is 0 Å². The molecule has 0 unspecified atom stereocenters. The number of nitrogens with one attached hydrogen (secondary N) is 2. The monoisotopic (exact) mass is 466 g/mol. The molecule has 0 aliphatic carbocycles. The van der Waals surface area contributed by atoms with E-state index in [1.54, 1.807) is 6.20 Å². The van der Waals surface area contributed by atoms with Crippen molar-refractivity contribution in [3.05, 3.63) is 54.5 Å². The van der Waals surface area contributed by atoms with E-state index in [9.17, 15) is 0 Å². The smallest absolute Gasteiger partial charge is 0.191 e. The highest BCUT2D eigenvalue weighted by Crippen LogP contribution is 2.15. The second-order valence-corrected chi connectivity index (χ2v) is 5.99. The lowest BCUT2D eigenvalue weighted by Gasteiger charge is -2.12. The van der Waals surface area contributed by atoms with Gasteiger partial charge in [-0.05, 0) is 36.9 Å². The lowest BCUT2D eigenvalue weighted by atomic mass is 10.2. The van der Waals surface area contributed by atoms with Gasteiger partial charge in [-0.15, -0.1) is 24.0 Å². The maximum absolute atomic E-state index is 4.63. The molecule has 0 saturated heterocycles. The first kappa shape index (κ1) is 20.3. The van der Waals surface area contributed by atoms with E-state index in [1.807, 2.05) is 17.8 Å². The normalized spacial score (nSPS) is 11.4. The Labute approximate surface area is 171 Å². The van der Waals surface area contributed by atoms with E-state index < -0.39 is 0 Å². The summed E-state index contributed by atoms with van der Waals surface area (Å²) in [4.78, 5) is 4.63. The van der Waals surface area contributed by atoms with Gasteiger partial charge in [0.05, 0.1) is 12.2 Å². The zero-order valence-electron chi connectivity index (χ0n) is 15.4. The standard InChI is InChI=1S/C19H26N6.HI/c1-3-20-19(22-15-17-9-12-23-24(17)2)21-11-6-13-25-14-10-16-7-4-5-8-18(16)25;/h4-5,7-10,12,14H,3,6,11,13,15H2,1-2H3,(H2,20,21,22);1H. The second kappa shape index (κ2) is 10.2. The van der Waals surface area contributed by atoms with Gasteiger partial charge in [0.25, 0.3) is 0 Å². The summed E-state index contributed by atoms with van der Waals surface area (Å²) in [6, 6.07) is 12.6. The van der Waals surface area contributed by atoms with Crippen molar-refractivity contribution >= 4 is 40.8 Å². The predicted molar refractivity (Wildman–Crippen MR) is 118 cm³/mol. The van der Waals surface area contributed by atoms with Crippen LogP contribution < -0.4 is 10.6 Å². The molecule has 140 valence electrons. The number of fused-ring (bicyclic) bond motifs is 1. The summed E-state index contributed by atoms with van der Waals surface area (Å²) < 4.78 is 4.15. The molecule has 0 bridgehead atoms. The number of benzene rings is 1. The highest BCUT2D eigenvalue weighted by Gasteiger charge is 2.02. The zero-order chi connectivity index (χ0) is 17.5.